The number of fused-ring (bicyclic) bond motifs is 6. The quantitative estimate of drug-likeness (QED) is 0.204. The standard InChI is InChI=1S/C16H16N2.C12H6Cl2N2/c1-9-7-17-15-13(11(9)3)5-6-14-12(4)10(2)8-18-16(14)15;13-9-3-5-15-11-7(9)1-2-8-10(14)4-6-16-12(8)11/h5-8H,1-4H3;1-6H. The van der Waals surface area contributed by atoms with E-state index in [4.69, 9.17) is 23.2 Å². The van der Waals surface area contributed by atoms with Gasteiger partial charge >= 0.3 is 0 Å². The van der Waals surface area contributed by atoms with Crippen molar-refractivity contribution in [2.24, 2.45) is 0 Å². The van der Waals surface area contributed by atoms with Crippen LogP contribution in [0.1, 0.15) is 22.3 Å². The van der Waals surface area contributed by atoms with E-state index in [0.717, 1.165) is 32.8 Å². The molecule has 4 nitrogen and oxygen atoms in total. The molecule has 0 N–H and O–H groups in total. The summed E-state index contributed by atoms with van der Waals surface area (Å²) in [6.07, 6.45) is 7.22. The highest BCUT2D eigenvalue weighted by Gasteiger charge is 2.10. The summed E-state index contributed by atoms with van der Waals surface area (Å²) in [5.74, 6) is 0. The van der Waals surface area contributed by atoms with Crippen molar-refractivity contribution in [1.82, 2.24) is 19.9 Å². The van der Waals surface area contributed by atoms with Gasteiger partial charge < -0.3 is 0 Å². The molecular weight excluding hydrogens is 463 g/mol. The van der Waals surface area contributed by atoms with Gasteiger partial charge in [-0.05, 0) is 62.1 Å². The Kier molecular flexibility index (Phi) is 5.80. The summed E-state index contributed by atoms with van der Waals surface area (Å²) in [6.45, 7) is 8.48. The van der Waals surface area contributed by atoms with Crippen molar-refractivity contribution in [2.45, 2.75) is 27.7 Å². The van der Waals surface area contributed by atoms with Crippen LogP contribution in [-0.4, -0.2) is 19.9 Å². The molecular formula is C28H22Cl2N4. The largest absolute Gasteiger partial charge is 0.254 e. The van der Waals surface area contributed by atoms with E-state index in [2.05, 4.69) is 59.8 Å². The molecule has 168 valence electrons. The smallest absolute Gasteiger partial charge is 0.0980 e. The third-order valence-corrected chi connectivity index (χ3v) is 7.09. The summed E-state index contributed by atoms with van der Waals surface area (Å²) < 4.78 is 0. The monoisotopic (exact) mass is 484 g/mol. The maximum Gasteiger partial charge on any atom is 0.0980 e. The average molecular weight is 485 g/mol. The maximum atomic E-state index is 6.10. The Balaban J connectivity index is 0.000000142. The van der Waals surface area contributed by atoms with E-state index in [1.807, 2.05) is 24.5 Å². The van der Waals surface area contributed by atoms with Gasteiger partial charge in [0.05, 0.1) is 32.1 Å². The van der Waals surface area contributed by atoms with Gasteiger partial charge in [0.15, 0.2) is 0 Å². The van der Waals surface area contributed by atoms with Crippen LogP contribution in [0.15, 0.2) is 61.2 Å². The van der Waals surface area contributed by atoms with Crippen molar-refractivity contribution in [3.63, 3.8) is 0 Å². The lowest BCUT2D eigenvalue weighted by atomic mass is 10.0. The second-order valence-corrected chi connectivity index (χ2v) is 9.25. The van der Waals surface area contributed by atoms with Crippen molar-refractivity contribution in [3.8, 4) is 0 Å². The predicted molar refractivity (Wildman–Crippen MR) is 143 cm³/mol. The molecule has 0 saturated heterocycles. The Morgan fingerprint density at radius 3 is 1.24 bits per heavy atom. The van der Waals surface area contributed by atoms with Crippen molar-refractivity contribution in [3.05, 3.63) is 93.5 Å². The number of hydrogen-bond donors (Lipinski definition) is 0. The fourth-order valence-electron chi connectivity index (χ4n) is 4.15. The number of nitrogens with zero attached hydrogens (tertiary/aromatic N) is 4. The number of benzene rings is 2. The molecule has 0 amide bonds. The minimum Gasteiger partial charge on any atom is -0.254 e. The molecule has 34 heavy (non-hydrogen) atoms. The van der Waals surface area contributed by atoms with Gasteiger partial charge in [-0.1, -0.05) is 47.5 Å². The van der Waals surface area contributed by atoms with Crippen molar-refractivity contribution in [1.29, 1.82) is 0 Å². The van der Waals surface area contributed by atoms with Gasteiger partial charge in [-0.2, -0.15) is 0 Å². The molecule has 6 rings (SSSR count). The Morgan fingerprint density at radius 2 is 0.824 bits per heavy atom. The van der Waals surface area contributed by atoms with E-state index in [1.54, 1.807) is 24.5 Å². The number of aromatic nitrogens is 4. The summed E-state index contributed by atoms with van der Waals surface area (Å²) in [5, 5.41) is 5.55. The highest BCUT2D eigenvalue weighted by Crippen LogP contribution is 2.30. The minimum absolute atomic E-state index is 0.675. The molecule has 6 heteroatoms. The first kappa shape index (κ1) is 22.5. The van der Waals surface area contributed by atoms with Crippen LogP contribution in [0.25, 0.3) is 43.6 Å². The molecule has 0 unspecified atom stereocenters. The van der Waals surface area contributed by atoms with E-state index < -0.39 is 0 Å². The summed E-state index contributed by atoms with van der Waals surface area (Å²) >= 11 is 12.2. The van der Waals surface area contributed by atoms with Crippen molar-refractivity contribution >= 4 is 66.8 Å². The number of hydrogen-bond acceptors (Lipinski definition) is 4. The number of pyridine rings is 4. The van der Waals surface area contributed by atoms with Crippen LogP contribution in [0.2, 0.25) is 10.0 Å². The zero-order valence-electron chi connectivity index (χ0n) is 19.3. The molecule has 0 radical (unpaired) electrons. The van der Waals surface area contributed by atoms with E-state index in [1.165, 1.54) is 33.0 Å². The van der Waals surface area contributed by atoms with Crippen LogP contribution >= 0.6 is 23.2 Å². The molecule has 0 aliphatic heterocycles. The predicted octanol–water partition coefficient (Wildman–Crippen LogP) is 8.11. The molecule has 0 aliphatic rings. The SMILES string of the molecule is Cc1cnc2c(ccc3c(C)c(C)cnc32)c1C.Clc1ccnc2c1ccc1c(Cl)ccnc12. The Bertz CT molecular complexity index is 1600. The molecule has 6 aromatic rings. The lowest BCUT2D eigenvalue weighted by Crippen LogP contribution is -1.93. The second kappa shape index (κ2) is 8.79. The summed E-state index contributed by atoms with van der Waals surface area (Å²) in [6, 6.07) is 11.7. The fraction of sp³-hybridized carbons (Fsp3) is 0.143. The van der Waals surface area contributed by atoms with Gasteiger partial charge in [0.1, 0.15) is 0 Å². The fourth-order valence-corrected chi connectivity index (χ4v) is 4.57. The Hall–Kier alpha value is -3.34. The zero-order chi connectivity index (χ0) is 24.0. The highest BCUT2D eigenvalue weighted by molar-refractivity contribution is 6.38. The molecule has 4 aromatic heterocycles. The lowest BCUT2D eigenvalue weighted by Gasteiger charge is -2.10. The summed E-state index contributed by atoms with van der Waals surface area (Å²) in [4.78, 5) is 17.8. The first-order valence-electron chi connectivity index (χ1n) is 10.9. The van der Waals surface area contributed by atoms with Gasteiger partial charge in [-0.15, -0.1) is 0 Å². The van der Waals surface area contributed by atoms with Gasteiger partial charge in [-0.3, -0.25) is 19.9 Å². The lowest BCUT2D eigenvalue weighted by molar-refractivity contribution is 1.25. The van der Waals surface area contributed by atoms with Crippen LogP contribution < -0.4 is 0 Å². The zero-order valence-corrected chi connectivity index (χ0v) is 20.8. The second-order valence-electron chi connectivity index (χ2n) is 8.43. The molecule has 0 saturated carbocycles. The van der Waals surface area contributed by atoms with E-state index in [0.29, 0.717) is 10.0 Å². The van der Waals surface area contributed by atoms with Crippen LogP contribution in [0, 0.1) is 27.7 Å². The van der Waals surface area contributed by atoms with Crippen LogP contribution in [0.5, 0.6) is 0 Å². The van der Waals surface area contributed by atoms with Gasteiger partial charge in [0.25, 0.3) is 0 Å². The molecule has 0 aliphatic carbocycles. The topological polar surface area (TPSA) is 51.6 Å². The minimum atomic E-state index is 0.675. The molecule has 2 aromatic carbocycles. The Morgan fingerprint density at radius 1 is 0.471 bits per heavy atom. The van der Waals surface area contributed by atoms with Crippen LogP contribution in [-0.2, 0) is 0 Å². The third-order valence-electron chi connectivity index (χ3n) is 6.43. The van der Waals surface area contributed by atoms with Gasteiger partial charge in [0.2, 0.25) is 0 Å². The van der Waals surface area contributed by atoms with Crippen LogP contribution in [0.3, 0.4) is 0 Å². The van der Waals surface area contributed by atoms with E-state index in [-0.39, 0.29) is 0 Å². The summed E-state index contributed by atoms with van der Waals surface area (Å²) in [7, 11) is 0. The van der Waals surface area contributed by atoms with Gasteiger partial charge in [0, 0.05) is 46.3 Å². The first-order valence-corrected chi connectivity index (χ1v) is 11.7. The normalized spacial score (nSPS) is 11.2. The average Bonchev–Trinajstić information content (AvgIpc) is 2.84. The molecule has 0 spiro atoms. The van der Waals surface area contributed by atoms with E-state index in [9.17, 15) is 0 Å². The Labute approximate surface area is 207 Å². The maximum absolute atomic E-state index is 6.10. The van der Waals surface area contributed by atoms with E-state index >= 15 is 0 Å². The van der Waals surface area contributed by atoms with Gasteiger partial charge in [-0.25, -0.2) is 0 Å². The van der Waals surface area contributed by atoms with Crippen molar-refractivity contribution < 1.29 is 0 Å². The molecule has 0 bridgehead atoms. The van der Waals surface area contributed by atoms with Crippen molar-refractivity contribution in [2.75, 3.05) is 0 Å². The number of aryl methyl sites for hydroxylation is 4. The number of halogens is 2. The van der Waals surface area contributed by atoms with Crippen LogP contribution in [0.4, 0.5) is 0 Å². The molecule has 0 atom stereocenters. The number of rotatable bonds is 0. The highest BCUT2D eigenvalue weighted by atomic mass is 35.5. The first-order chi connectivity index (χ1) is 16.4. The molecule has 0 fully saturated rings. The molecule has 4 heterocycles. The third kappa shape index (κ3) is 3.73. The summed E-state index contributed by atoms with van der Waals surface area (Å²) in [5.41, 5.74) is 8.64.